The van der Waals surface area contributed by atoms with Gasteiger partial charge in [-0.1, -0.05) is 267 Å². The molecule has 0 spiro atoms. The van der Waals surface area contributed by atoms with Crippen LogP contribution in [-0.2, 0) is 28.1 Å². The first-order valence-electron chi connectivity index (χ1n) is 25.7. The van der Waals surface area contributed by atoms with E-state index in [1.54, 1.807) is 0 Å². The maximum absolute atomic E-state index is 3.81. The fourth-order valence-corrected chi connectivity index (χ4v) is 14.9. The van der Waals surface area contributed by atoms with Gasteiger partial charge >= 0.3 is 0 Å². The summed E-state index contributed by atoms with van der Waals surface area (Å²) < 4.78 is 3.43. The highest BCUT2D eigenvalue weighted by Crippen LogP contribution is 2.57. The topological polar surface area (TPSA) is 0 Å². The summed E-state index contributed by atoms with van der Waals surface area (Å²) in [6, 6.07) is 71.8. The Morgan fingerprint density at radius 3 is 1.29 bits per heavy atom. The number of fused-ring (bicyclic) bond motifs is 12. The molecule has 0 saturated carbocycles. The van der Waals surface area contributed by atoms with E-state index in [2.05, 4.69) is 285 Å². The zero-order valence-electron chi connectivity index (χ0n) is 42.9. The third-order valence-electron chi connectivity index (χ3n) is 17.3. The molecule has 0 fully saturated rings. The van der Waals surface area contributed by atoms with E-state index in [9.17, 15) is 0 Å². The predicted molar refractivity (Wildman–Crippen MR) is 320 cm³/mol. The lowest BCUT2D eigenvalue weighted by molar-refractivity contribution is 0.594. The molecule has 10 aromatic rings. The molecule has 4 aliphatic rings. The highest BCUT2D eigenvalue weighted by Gasteiger charge is 2.44. The fourth-order valence-electron chi connectivity index (χ4n) is 13.4. The summed E-state index contributed by atoms with van der Waals surface area (Å²) in [7, 11) is 0. The average Bonchev–Trinajstić information content (AvgIpc) is 3.75. The number of hydrogen-bond donors (Lipinski definition) is 0. The first-order chi connectivity index (χ1) is 35.0. The van der Waals surface area contributed by atoms with E-state index < -0.39 is 0 Å². The Bertz CT molecular complexity index is 3840. The molecule has 14 rings (SSSR count). The first-order valence-corrected chi connectivity index (χ1v) is 28.1. The van der Waals surface area contributed by atoms with Gasteiger partial charge in [-0.15, -0.1) is 0 Å². The van der Waals surface area contributed by atoms with E-state index in [-0.39, 0.29) is 27.6 Å². The predicted octanol–water partition coefficient (Wildman–Crippen LogP) is 20.3. The zero-order valence-corrected chi connectivity index (χ0v) is 47.7. The van der Waals surface area contributed by atoms with Crippen LogP contribution in [0.2, 0.25) is 0 Å². The van der Waals surface area contributed by atoms with Crippen LogP contribution in [0.15, 0.2) is 208 Å². The summed E-state index contributed by atoms with van der Waals surface area (Å²) in [5, 5.41) is 5.08. The lowest BCUT2D eigenvalue weighted by atomic mass is 9.62. The van der Waals surface area contributed by atoms with Gasteiger partial charge in [-0.2, -0.15) is 0 Å². The van der Waals surface area contributed by atoms with Crippen LogP contribution in [0.3, 0.4) is 0 Å². The molecule has 3 heteroatoms. The van der Waals surface area contributed by atoms with E-state index in [1.807, 2.05) is 12.1 Å². The van der Waals surface area contributed by atoms with E-state index in [0.717, 1.165) is 19.8 Å². The third kappa shape index (κ3) is 7.53. The van der Waals surface area contributed by atoms with Crippen molar-refractivity contribution in [2.45, 2.75) is 89.4 Å². The van der Waals surface area contributed by atoms with Gasteiger partial charge in [0.15, 0.2) is 0 Å². The standard InChI is InChI=1S/C35H29Br.C25H24.C10H6Br2/c1-34(2)28-16-7-5-11-22(28)26-19-31-27(20-30(26)34)33(25-12-6-8-17-29(25)35(31,3)4)24-15-9-14-23-21(24)13-10-18-32(23)36;1-24(2)20-11-7-5-9-16(20)13-17-14-23-19(15-22(17)24)18-10-6-8-12-21(18)25(23,3)4;11-9-5-1-3-7-8(9)4-2-6-10(7)12/h5-20,33H,1-4H3;5-12,14-15H,13H2,1-4H3;1-6H. The van der Waals surface area contributed by atoms with E-state index >= 15 is 0 Å². The van der Waals surface area contributed by atoms with Crippen molar-refractivity contribution in [2.24, 2.45) is 0 Å². The van der Waals surface area contributed by atoms with Crippen molar-refractivity contribution >= 4 is 69.3 Å². The van der Waals surface area contributed by atoms with Crippen molar-refractivity contribution in [3.05, 3.63) is 280 Å². The van der Waals surface area contributed by atoms with Crippen LogP contribution in [0.1, 0.15) is 134 Å². The number of benzene rings is 10. The maximum Gasteiger partial charge on any atom is 0.0352 e. The monoisotopic (exact) mass is 1140 g/mol. The third-order valence-corrected chi connectivity index (χ3v) is 19.3. The average molecular weight is 1140 g/mol. The molecule has 0 radical (unpaired) electrons. The van der Waals surface area contributed by atoms with Gasteiger partial charge in [0, 0.05) is 41.0 Å². The number of hydrogen-bond acceptors (Lipinski definition) is 0. The Kier molecular flexibility index (Phi) is 11.6. The maximum atomic E-state index is 3.81. The highest BCUT2D eigenvalue weighted by atomic mass is 79.9. The van der Waals surface area contributed by atoms with Crippen molar-refractivity contribution in [3.8, 4) is 22.3 Å². The molecule has 10 aromatic carbocycles. The number of halogens is 3. The lowest BCUT2D eigenvalue weighted by Crippen LogP contribution is -2.30. The minimum atomic E-state index is -0.0791. The SMILES string of the molecule is Brc1cccc2c(Br)cccc12.CC1(C)c2ccccc2-c2cc3c(cc21)C(c1cccc2c(Br)cccc12)c1ccccc1C3(C)C.CC1(C)c2ccccc2Cc2cc3c(cc21)-c1ccccc1C3(C)C. The van der Waals surface area contributed by atoms with Crippen molar-refractivity contribution < 1.29 is 0 Å². The van der Waals surface area contributed by atoms with E-state index in [0.29, 0.717) is 0 Å². The second-order valence-electron chi connectivity index (χ2n) is 22.7. The number of rotatable bonds is 1. The Morgan fingerprint density at radius 2 is 0.699 bits per heavy atom. The van der Waals surface area contributed by atoms with Gasteiger partial charge in [-0.05, 0) is 153 Å². The molecule has 0 bridgehead atoms. The zero-order chi connectivity index (χ0) is 50.8. The van der Waals surface area contributed by atoms with Gasteiger partial charge in [0.05, 0.1) is 0 Å². The van der Waals surface area contributed by atoms with Gasteiger partial charge < -0.3 is 0 Å². The van der Waals surface area contributed by atoms with E-state index in [1.165, 1.54) is 116 Å². The van der Waals surface area contributed by atoms with Crippen molar-refractivity contribution in [2.75, 3.05) is 0 Å². The second kappa shape index (κ2) is 17.6. The van der Waals surface area contributed by atoms with Crippen LogP contribution < -0.4 is 0 Å². The Morgan fingerprint density at radius 1 is 0.288 bits per heavy atom. The summed E-state index contributed by atoms with van der Waals surface area (Å²) in [6.45, 7) is 19.1. The first kappa shape index (κ1) is 48.1. The molecule has 0 saturated heterocycles. The van der Waals surface area contributed by atoms with E-state index in [4.69, 9.17) is 0 Å². The molecule has 0 nitrogen and oxygen atoms in total. The molecule has 0 N–H and O–H groups in total. The molecule has 1 atom stereocenters. The van der Waals surface area contributed by atoms with Crippen LogP contribution in [-0.4, -0.2) is 0 Å². The minimum absolute atomic E-state index is 0.0194. The molecular weight excluding hydrogens is 1080 g/mol. The molecular formula is C70H59Br3. The van der Waals surface area contributed by atoms with Crippen LogP contribution in [0, 0.1) is 0 Å². The lowest BCUT2D eigenvalue weighted by Gasteiger charge is -2.41. The van der Waals surface area contributed by atoms with Gasteiger partial charge in [0.1, 0.15) is 0 Å². The summed E-state index contributed by atoms with van der Waals surface area (Å²) in [6.07, 6.45) is 1.05. The Labute approximate surface area is 457 Å². The van der Waals surface area contributed by atoms with Gasteiger partial charge in [-0.25, -0.2) is 0 Å². The molecule has 73 heavy (non-hydrogen) atoms. The fraction of sp³-hybridized carbons (Fsp3) is 0.200. The molecule has 0 heterocycles. The second-order valence-corrected chi connectivity index (χ2v) is 25.3. The summed E-state index contributed by atoms with van der Waals surface area (Å²) in [5.41, 5.74) is 24.6. The summed E-state index contributed by atoms with van der Waals surface area (Å²) >= 11 is 10.8. The van der Waals surface area contributed by atoms with Crippen LogP contribution in [0.5, 0.6) is 0 Å². The highest BCUT2D eigenvalue weighted by molar-refractivity contribution is 9.11. The van der Waals surface area contributed by atoms with Crippen LogP contribution >= 0.6 is 47.8 Å². The Balaban J connectivity index is 0.000000126. The molecule has 4 aliphatic carbocycles. The summed E-state index contributed by atoms with van der Waals surface area (Å²) in [5.74, 6) is 0.187. The van der Waals surface area contributed by atoms with Crippen molar-refractivity contribution in [1.82, 2.24) is 0 Å². The van der Waals surface area contributed by atoms with Crippen molar-refractivity contribution in [1.29, 1.82) is 0 Å². The van der Waals surface area contributed by atoms with Gasteiger partial charge in [0.25, 0.3) is 0 Å². The summed E-state index contributed by atoms with van der Waals surface area (Å²) in [4.78, 5) is 0. The molecule has 0 aromatic heterocycles. The largest absolute Gasteiger partial charge is 0.0620 e. The van der Waals surface area contributed by atoms with Crippen LogP contribution in [0.25, 0.3) is 43.8 Å². The van der Waals surface area contributed by atoms with Gasteiger partial charge in [0.2, 0.25) is 0 Å². The molecule has 0 amide bonds. The molecule has 1 unspecified atom stereocenters. The Hall–Kier alpha value is -5.84. The minimum Gasteiger partial charge on any atom is -0.0620 e. The van der Waals surface area contributed by atoms with Crippen LogP contribution in [0.4, 0.5) is 0 Å². The molecule has 0 aliphatic heterocycles. The van der Waals surface area contributed by atoms with Gasteiger partial charge in [-0.3, -0.25) is 0 Å². The quantitative estimate of drug-likeness (QED) is 0.154. The smallest absolute Gasteiger partial charge is 0.0352 e. The molecule has 360 valence electrons. The normalized spacial score (nSPS) is 16.9. The van der Waals surface area contributed by atoms with Crippen molar-refractivity contribution in [3.63, 3.8) is 0 Å².